The Morgan fingerprint density at radius 3 is 2.75 bits per heavy atom. The van der Waals surface area contributed by atoms with Crippen LogP contribution in [0.1, 0.15) is 23.0 Å². The van der Waals surface area contributed by atoms with E-state index in [1.54, 1.807) is 0 Å². The van der Waals surface area contributed by atoms with Crippen molar-refractivity contribution in [1.29, 1.82) is 0 Å². The molecule has 0 radical (unpaired) electrons. The molecule has 0 aliphatic heterocycles. The summed E-state index contributed by atoms with van der Waals surface area (Å²) in [5, 5.41) is 2.82. The highest BCUT2D eigenvalue weighted by atomic mass is 127. The Kier molecular flexibility index (Phi) is 5.28. The summed E-state index contributed by atoms with van der Waals surface area (Å²) < 4.78 is 6.40. The van der Waals surface area contributed by atoms with Gasteiger partial charge in [0.1, 0.15) is 12.0 Å². The van der Waals surface area contributed by atoms with E-state index in [-0.39, 0.29) is 5.91 Å². The number of carbonyl (C=O) groups is 1. The van der Waals surface area contributed by atoms with Crippen LogP contribution in [-0.2, 0) is 6.54 Å². The normalized spacial score (nSPS) is 10.1. The average molecular weight is 383 g/mol. The third-order valence-electron chi connectivity index (χ3n) is 2.53. The Balaban J connectivity index is 1.97. The van der Waals surface area contributed by atoms with Crippen LogP contribution in [0.3, 0.4) is 0 Å². The Morgan fingerprint density at radius 2 is 2.05 bits per heavy atom. The van der Waals surface area contributed by atoms with Crippen molar-refractivity contribution < 1.29 is 9.53 Å². The second-order valence-corrected chi connectivity index (χ2v) is 5.23. The van der Waals surface area contributed by atoms with E-state index in [2.05, 4.69) is 37.9 Å². The Hall–Kier alpha value is -1.70. The number of amides is 1. The van der Waals surface area contributed by atoms with Crippen molar-refractivity contribution in [2.75, 3.05) is 6.61 Å². The van der Waals surface area contributed by atoms with Gasteiger partial charge in [0.15, 0.2) is 0 Å². The van der Waals surface area contributed by atoms with Gasteiger partial charge in [-0.2, -0.15) is 0 Å². The molecule has 0 fully saturated rings. The second-order valence-electron chi connectivity index (χ2n) is 3.98. The third-order valence-corrected chi connectivity index (χ3v) is 3.25. The predicted molar refractivity (Wildman–Crippen MR) is 83.5 cm³/mol. The fourth-order valence-electron chi connectivity index (χ4n) is 1.57. The maximum atomic E-state index is 12.0. The molecule has 0 bridgehead atoms. The van der Waals surface area contributed by atoms with Crippen LogP contribution < -0.4 is 10.1 Å². The van der Waals surface area contributed by atoms with Crippen molar-refractivity contribution in [3.8, 4) is 5.88 Å². The van der Waals surface area contributed by atoms with E-state index in [0.717, 1.165) is 9.13 Å². The molecule has 0 unspecified atom stereocenters. The number of hydrogen-bond acceptors (Lipinski definition) is 4. The van der Waals surface area contributed by atoms with Gasteiger partial charge in [0, 0.05) is 16.2 Å². The van der Waals surface area contributed by atoms with Gasteiger partial charge in [-0.05, 0) is 47.2 Å². The number of halogens is 1. The molecule has 6 heteroatoms. The van der Waals surface area contributed by atoms with Gasteiger partial charge in [-0.3, -0.25) is 4.79 Å². The van der Waals surface area contributed by atoms with Gasteiger partial charge in [0.2, 0.25) is 5.88 Å². The first-order chi connectivity index (χ1) is 9.69. The van der Waals surface area contributed by atoms with Crippen molar-refractivity contribution in [3.05, 3.63) is 51.5 Å². The fourth-order valence-corrected chi connectivity index (χ4v) is 1.93. The summed E-state index contributed by atoms with van der Waals surface area (Å²) in [5.41, 5.74) is 1.34. The van der Waals surface area contributed by atoms with Gasteiger partial charge < -0.3 is 10.1 Å². The van der Waals surface area contributed by atoms with E-state index < -0.39 is 0 Å². The molecule has 0 spiro atoms. The molecule has 1 N–H and O–H groups in total. The van der Waals surface area contributed by atoms with Crippen LogP contribution >= 0.6 is 22.6 Å². The number of benzene rings is 1. The largest absolute Gasteiger partial charge is 0.478 e. The molecular formula is C14H14IN3O2. The summed E-state index contributed by atoms with van der Waals surface area (Å²) in [7, 11) is 0. The number of ether oxygens (including phenoxy) is 1. The van der Waals surface area contributed by atoms with Crippen molar-refractivity contribution in [2.24, 2.45) is 0 Å². The minimum Gasteiger partial charge on any atom is -0.478 e. The molecular weight excluding hydrogens is 369 g/mol. The maximum Gasteiger partial charge on any atom is 0.270 e. The molecule has 0 atom stereocenters. The van der Waals surface area contributed by atoms with E-state index in [9.17, 15) is 4.79 Å². The zero-order valence-electron chi connectivity index (χ0n) is 11.0. The number of rotatable bonds is 5. The van der Waals surface area contributed by atoms with Gasteiger partial charge in [-0.25, -0.2) is 9.97 Å². The van der Waals surface area contributed by atoms with Crippen molar-refractivity contribution in [1.82, 2.24) is 15.3 Å². The minimum atomic E-state index is -0.244. The number of aromatic nitrogens is 2. The summed E-state index contributed by atoms with van der Waals surface area (Å²) in [6, 6.07) is 9.49. The summed E-state index contributed by atoms with van der Waals surface area (Å²) in [4.78, 5) is 19.9. The molecule has 1 aromatic heterocycles. The number of carbonyl (C=O) groups excluding carboxylic acids is 1. The number of nitrogens with zero attached hydrogens (tertiary/aromatic N) is 2. The zero-order valence-corrected chi connectivity index (χ0v) is 13.1. The first-order valence-electron chi connectivity index (χ1n) is 6.16. The van der Waals surface area contributed by atoms with Crippen molar-refractivity contribution >= 4 is 28.5 Å². The van der Waals surface area contributed by atoms with Crippen LogP contribution in [0.2, 0.25) is 0 Å². The topological polar surface area (TPSA) is 64.1 Å². The molecule has 2 rings (SSSR count). The summed E-state index contributed by atoms with van der Waals surface area (Å²) in [6.07, 6.45) is 1.32. The molecule has 1 aromatic carbocycles. The molecule has 0 saturated heterocycles. The fraction of sp³-hybridized carbons (Fsp3) is 0.214. The lowest BCUT2D eigenvalue weighted by Gasteiger charge is -2.06. The zero-order chi connectivity index (χ0) is 14.4. The standard InChI is InChI=1S/C14H14IN3O2/c1-2-20-13-7-12(17-9-18-13)14(19)16-8-10-3-5-11(15)6-4-10/h3-7,9H,2,8H2,1H3,(H,16,19). The molecule has 0 saturated carbocycles. The quantitative estimate of drug-likeness (QED) is 0.806. The van der Waals surface area contributed by atoms with Gasteiger partial charge in [-0.15, -0.1) is 0 Å². The smallest absolute Gasteiger partial charge is 0.270 e. The number of nitrogens with one attached hydrogen (secondary N) is 1. The minimum absolute atomic E-state index is 0.244. The highest BCUT2D eigenvalue weighted by molar-refractivity contribution is 14.1. The van der Waals surface area contributed by atoms with Crippen LogP contribution in [-0.4, -0.2) is 22.5 Å². The highest BCUT2D eigenvalue weighted by Crippen LogP contribution is 2.08. The molecule has 5 nitrogen and oxygen atoms in total. The van der Waals surface area contributed by atoms with Gasteiger partial charge >= 0.3 is 0 Å². The van der Waals surface area contributed by atoms with Gasteiger partial charge in [-0.1, -0.05) is 12.1 Å². The summed E-state index contributed by atoms with van der Waals surface area (Å²) >= 11 is 2.24. The molecule has 1 heterocycles. The first kappa shape index (κ1) is 14.7. The summed E-state index contributed by atoms with van der Waals surface area (Å²) in [6.45, 7) is 2.82. The first-order valence-corrected chi connectivity index (χ1v) is 7.24. The maximum absolute atomic E-state index is 12.0. The molecule has 0 aliphatic rings. The van der Waals surface area contributed by atoms with Gasteiger partial charge in [0.05, 0.1) is 6.61 Å². The van der Waals surface area contributed by atoms with E-state index >= 15 is 0 Å². The monoisotopic (exact) mass is 383 g/mol. The third kappa shape index (κ3) is 4.16. The lowest BCUT2D eigenvalue weighted by atomic mass is 10.2. The lowest BCUT2D eigenvalue weighted by molar-refractivity contribution is 0.0945. The van der Waals surface area contributed by atoms with E-state index in [4.69, 9.17) is 4.74 Å². The van der Waals surface area contributed by atoms with Crippen LogP contribution in [0.15, 0.2) is 36.7 Å². The van der Waals surface area contributed by atoms with E-state index in [1.807, 2.05) is 31.2 Å². The Labute approximate surface area is 130 Å². The predicted octanol–water partition coefficient (Wildman–Crippen LogP) is 2.41. The SMILES string of the molecule is CCOc1cc(C(=O)NCc2ccc(I)cc2)ncn1. The summed E-state index contributed by atoms with van der Waals surface area (Å²) in [5.74, 6) is 0.161. The van der Waals surface area contributed by atoms with Crippen molar-refractivity contribution in [2.45, 2.75) is 13.5 Å². The number of hydrogen-bond donors (Lipinski definition) is 1. The highest BCUT2D eigenvalue weighted by Gasteiger charge is 2.08. The Bertz CT molecular complexity index is 587. The van der Waals surface area contributed by atoms with E-state index in [1.165, 1.54) is 12.4 Å². The van der Waals surface area contributed by atoms with Crippen LogP contribution in [0.4, 0.5) is 0 Å². The van der Waals surface area contributed by atoms with Crippen LogP contribution in [0, 0.1) is 3.57 Å². The molecule has 0 aliphatic carbocycles. The average Bonchev–Trinajstić information content (AvgIpc) is 2.47. The Morgan fingerprint density at radius 1 is 1.30 bits per heavy atom. The molecule has 2 aromatic rings. The molecule has 20 heavy (non-hydrogen) atoms. The van der Waals surface area contributed by atoms with Crippen molar-refractivity contribution in [3.63, 3.8) is 0 Å². The van der Waals surface area contributed by atoms with Gasteiger partial charge in [0.25, 0.3) is 5.91 Å². The molecule has 104 valence electrons. The van der Waals surface area contributed by atoms with Crippen LogP contribution in [0.5, 0.6) is 5.88 Å². The lowest BCUT2D eigenvalue weighted by Crippen LogP contribution is -2.24. The van der Waals surface area contributed by atoms with Crippen LogP contribution in [0.25, 0.3) is 0 Å². The molecule has 1 amide bonds. The second kappa shape index (κ2) is 7.18. The van der Waals surface area contributed by atoms with E-state index in [0.29, 0.717) is 24.7 Å².